The molecular formula is C12H14O3. The highest BCUT2D eigenvalue weighted by Gasteiger charge is 2.43. The summed E-state index contributed by atoms with van der Waals surface area (Å²) >= 11 is 0. The Hall–Kier alpha value is -1.35. The van der Waals surface area contributed by atoms with Crippen molar-refractivity contribution < 1.29 is 14.6 Å². The van der Waals surface area contributed by atoms with Crippen molar-refractivity contribution in [3.63, 3.8) is 0 Å². The lowest BCUT2D eigenvalue weighted by atomic mass is 10.1. The van der Waals surface area contributed by atoms with E-state index < -0.39 is 5.97 Å². The van der Waals surface area contributed by atoms with Gasteiger partial charge in [0.1, 0.15) is 0 Å². The van der Waals surface area contributed by atoms with E-state index in [4.69, 9.17) is 9.84 Å². The highest BCUT2D eigenvalue weighted by molar-refractivity contribution is 5.75. The molecule has 2 atom stereocenters. The Bertz CT molecular complexity index is 356. The molecule has 0 saturated heterocycles. The second-order valence-corrected chi connectivity index (χ2v) is 3.96. The van der Waals surface area contributed by atoms with Crippen LogP contribution >= 0.6 is 0 Å². The molecule has 0 heterocycles. The smallest absolute Gasteiger partial charge is 0.307 e. The van der Waals surface area contributed by atoms with Gasteiger partial charge in [-0.2, -0.15) is 0 Å². The van der Waals surface area contributed by atoms with Crippen LogP contribution < -0.4 is 0 Å². The van der Waals surface area contributed by atoms with Gasteiger partial charge in [-0.05, 0) is 23.5 Å². The Morgan fingerprint density at radius 1 is 1.47 bits per heavy atom. The van der Waals surface area contributed by atoms with E-state index in [2.05, 4.69) is 0 Å². The summed E-state index contributed by atoms with van der Waals surface area (Å²) in [7, 11) is 1.66. The molecule has 0 unspecified atom stereocenters. The summed E-state index contributed by atoms with van der Waals surface area (Å²) in [6, 6.07) is 8.00. The number of ether oxygens (including phenoxy) is 1. The van der Waals surface area contributed by atoms with Crippen LogP contribution in [0.25, 0.3) is 0 Å². The summed E-state index contributed by atoms with van der Waals surface area (Å²) in [5.41, 5.74) is 2.25. The fourth-order valence-electron chi connectivity index (χ4n) is 1.86. The zero-order chi connectivity index (χ0) is 10.8. The lowest BCUT2D eigenvalue weighted by Crippen LogP contribution is -1.99. The molecule has 1 aliphatic carbocycles. The monoisotopic (exact) mass is 206 g/mol. The zero-order valence-electron chi connectivity index (χ0n) is 8.64. The minimum absolute atomic E-state index is 0.168. The summed E-state index contributed by atoms with van der Waals surface area (Å²) < 4.78 is 5.01. The molecule has 1 saturated carbocycles. The maximum absolute atomic E-state index is 10.7. The quantitative estimate of drug-likeness (QED) is 0.819. The fraction of sp³-hybridized carbons (Fsp3) is 0.417. The number of aliphatic carboxylic acids is 1. The maximum Gasteiger partial charge on any atom is 0.307 e. The van der Waals surface area contributed by atoms with Gasteiger partial charge in [0.25, 0.3) is 0 Å². The van der Waals surface area contributed by atoms with Gasteiger partial charge in [0.15, 0.2) is 0 Å². The number of carboxylic acids is 1. The van der Waals surface area contributed by atoms with Gasteiger partial charge in [0.05, 0.1) is 12.5 Å². The first-order valence-corrected chi connectivity index (χ1v) is 5.03. The van der Waals surface area contributed by atoms with E-state index in [-0.39, 0.29) is 11.8 Å². The number of methoxy groups -OCH3 is 1. The van der Waals surface area contributed by atoms with E-state index in [9.17, 15) is 4.79 Å². The van der Waals surface area contributed by atoms with Gasteiger partial charge in [0, 0.05) is 7.11 Å². The molecule has 1 fully saturated rings. The molecule has 0 amide bonds. The fourth-order valence-corrected chi connectivity index (χ4v) is 1.86. The van der Waals surface area contributed by atoms with Crippen molar-refractivity contribution in [2.24, 2.45) is 5.92 Å². The second kappa shape index (κ2) is 4.03. The first-order valence-electron chi connectivity index (χ1n) is 5.03. The van der Waals surface area contributed by atoms with Crippen LogP contribution in [0.2, 0.25) is 0 Å². The van der Waals surface area contributed by atoms with Gasteiger partial charge in [0.2, 0.25) is 0 Å². The van der Waals surface area contributed by atoms with Gasteiger partial charge < -0.3 is 9.84 Å². The molecule has 0 aromatic heterocycles. The number of benzene rings is 1. The van der Waals surface area contributed by atoms with Crippen molar-refractivity contribution in [2.75, 3.05) is 7.11 Å². The van der Waals surface area contributed by atoms with Crippen LogP contribution in [0, 0.1) is 5.92 Å². The summed E-state index contributed by atoms with van der Waals surface area (Å²) in [5, 5.41) is 8.80. The molecule has 80 valence electrons. The molecule has 1 aromatic rings. The maximum atomic E-state index is 10.7. The number of carbonyl (C=O) groups is 1. The largest absolute Gasteiger partial charge is 0.481 e. The average Bonchev–Trinajstić information content (AvgIpc) is 2.99. The number of carboxylic acid groups (broad SMARTS) is 1. The lowest BCUT2D eigenvalue weighted by molar-refractivity contribution is -0.138. The molecule has 1 aliphatic rings. The Kier molecular flexibility index (Phi) is 2.73. The van der Waals surface area contributed by atoms with Crippen LogP contribution in [-0.4, -0.2) is 18.2 Å². The summed E-state index contributed by atoms with van der Waals surface area (Å²) in [6.45, 7) is 0.604. The number of hydrogen-bond donors (Lipinski definition) is 1. The van der Waals surface area contributed by atoms with Crippen molar-refractivity contribution in [3.05, 3.63) is 35.4 Å². The van der Waals surface area contributed by atoms with E-state index in [0.717, 1.165) is 17.5 Å². The standard InChI is InChI=1S/C12H14O3/c1-15-7-8-2-4-9(5-3-8)10-6-11(10)12(13)14/h2-5,10-11H,6-7H2,1H3,(H,13,14)/t10-,11+/m0/s1. The molecule has 0 bridgehead atoms. The van der Waals surface area contributed by atoms with Gasteiger partial charge in [-0.25, -0.2) is 0 Å². The van der Waals surface area contributed by atoms with Crippen LogP contribution in [0.3, 0.4) is 0 Å². The zero-order valence-corrected chi connectivity index (χ0v) is 8.64. The predicted octanol–water partition coefficient (Wildman–Crippen LogP) is 2.02. The Balaban J connectivity index is 2.03. The third-order valence-corrected chi connectivity index (χ3v) is 2.83. The van der Waals surface area contributed by atoms with Crippen LogP contribution in [0.5, 0.6) is 0 Å². The topological polar surface area (TPSA) is 46.5 Å². The molecule has 0 spiro atoms. The summed E-state index contributed by atoms with van der Waals surface area (Å²) in [4.78, 5) is 10.7. The third-order valence-electron chi connectivity index (χ3n) is 2.83. The summed E-state index contributed by atoms with van der Waals surface area (Å²) in [5.74, 6) is -0.627. The number of hydrogen-bond acceptors (Lipinski definition) is 2. The second-order valence-electron chi connectivity index (χ2n) is 3.96. The van der Waals surface area contributed by atoms with Crippen molar-refractivity contribution >= 4 is 5.97 Å². The Labute approximate surface area is 88.7 Å². The van der Waals surface area contributed by atoms with Crippen LogP contribution in [-0.2, 0) is 16.1 Å². The highest BCUT2D eigenvalue weighted by atomic mass is 16.5. The first-order chi connectivity index (χ1) is 7.22. The van der Waals surface area contributed by atoms with Crippen LogP contribution in [0.4, 0.5) is 0 Å². The van der Waals surface area contributed by atoms with Gasteiger partial charge in [-0.15, -0.1) is 0 Å². The average molecular weight is 206 g/mol. The normalized spacial score (nSPS) is 23.8. The molecular weight excluding hydrogens is 192 g/mol. The Morgan fingerprint density at radius 2 is 2.13 bits per heavy atom. The van der Waals surface area contributed by atoms with Crippen molar-refractivity contribution in [1.82, 2.24) is 0 Å². The molecule has 1 N–H and O–H groups in total. The van der Waals surface area contributed by atoms with Gasteiger partial charge >= 0.3 is 5.97 Å². The first kappa shape index (κ1) is 10.2. The molecule has 0 aliphatic heterocycles. The SMILES string of the molecule is COCc1ccc([C@@H]2C[C@H]2C(=O)O)cc1. The molecule has 3 nitrogen and oxygen atoms in total. The third kappa shape index (κ3) is 2.18. The summed E-state index contributed by atoms with van der Waals surface area (Å²) in [6.07, 6.45) is 0.777. The van der Waals surface area contributed by atoms with E-state index in [0.29, 0.717) is 6.61 Å². The van der Waals surface area contributed by atoms with Crippen molar-refractivity contribution in [3.8, 4) is 0 Å². The van der Waals surface area contributed by atoms with E-state index in [1.807, 2.05) is 24.3 Å². The highest BCUT2D eigenvalue weighted by Crippen LogP contribution is 2.47. The van der Waals surface area contributed by atoms with E-state index >= 15 is 0 Å². The molecule has 3 heteroatoms. The minimum atomic E-state index is -0.680. The Morgan fingerprint density at radius 3 is 2.60 bits per heavy atom. The van der Waals surface area contributed by atoms with E-state index in [1.54, 1.807) is 7.11 Å². The van der Waals surface area contributed by atoms with Gasteiger partial charge in [-0.1, -0.05) is 24.3 Å². The van der Waals surface area contributed by atoms with Crippen molar-refractivity contribution in [1.29, 1.82) is 0 Å². The molecule has 2 rings (SSSR count). The molecule has 15 heavy (non-hydrogen) atoms. The molecule has 1 aromatic carbocycles. The predicted molar refractivity (Wildman–Crippen MR) is 55.6 cm³/mol. The van der Waals surface area contributed by atoms with Crippen LogP contribution in [0.1, 0.15) is 23.5 Å². The molecule has 0 radical (unpaired) electrons. The van der Waals surface area contributed by atoms with E-state index in [1.165, 1.54) is 0 Å². The van der Waals surface area contributed by atoms with Crippen LogP contribution in [0.15, 0.2) is 24.3 Å². The van der Waals surface area contributed by atoms with Crippen molar-refractivity contribution in [2.45, 2.75) is 18.9 Å². The van der Waals surface area contributed by atoms with Gasteiger partial charge in [-0.3, -0.25) is 4.79 Å². The minimum Gasteiger partial charge on any atom is -0.481 e. The lowest BCUT2D eigenvalue weighted by Gasteiger charge is -2.02. The number of rotatable bonds is 4.